The van der Waals surface area contributed by atoms with Crippen molar-refractivity contribution >= 4 is 5.69 Å². The van der Waals surface area contributed by atoms with Crippen LogP contribution in [0.1, 0.15) is 19.8 Å². The Kier molecular flexibility index (Phi) is 5.02. The van der Waals surface area contributed by atoms with E-state index >= 15 is 0 Å². The lowest BCUT2D eigenvalue weighted by Gasteiger charge is -2.14. The highest BCUT2D eigenvalue weighted by Crippen LogP contribution is 2.31. The minimum absolute atomic E-state index is 0.0438. The molecule has 7 heteroatoms. The third-order valence-corrected chi connectivity index (χ3v) is 2.61. The first-order valence-electron chi connectivity index (χ1n) is 5.72. The fraction of sp³-hybridized carbons (Fsp3) is 0.500. The van der Waals surface area contributed by atoms with Crippen LogP contribution in [0.4, 0.5) is 14.5 Å². The van der Waals surface area contributed by atoms with Crippen LogP contribution in [0.15, 0.2) is 18.2 Å². The third-order valence-electron chi connectivity index (χ3n) is 2.61. The van der Waals surface area contributed by atoms with E-state index in [0.29, 0.717) is 5.75 Å². The molecule has 0 saturated heterocycles. The number of ether oxygens (including phenoxy) is 2. The minimum atomic E-state index is -2.82. The van der Waals surface area contributed by atoms with Gasteiger partial charge in [0, 0.05) is 12.8 Å². The van der Waals surface area contributed by atoms with Crippen molar-refractivity contribution in [2.45, 2.75) is 25.7 Å². The standard InChI is InChI=1S/C12H15F2NO4/c1-3-12(13,14)6-7-19-11-5-4-9(18-2)8-10(11)15(16)17/h4-5,8H,3,6-7H2,1-2H3. The molecule has 106 valence electrons. The number of hydrogen-bond acceptors (Lipinski definition) is 4. The zero-order valence-electron chi connectivity index (χ0n) is 10.7. The van der Waals surface area contributed by atoms with Crippen LogP contribution >= 0.6 is 0 Å². The number of nitrogens with zero attached hydrogens (tertiary/aromatic N) is 1. The van der Waals surface area contributed by atoms with Crippen LogP contribution in [0.5, 0.6) is 11.5 Å². The molecule has 0 unspecified atom stereocenters. The van der Waals surface area contributed by atoms with E-state index in [0.717, 1.165) is 0 Å². The molecule has 0 aliphatic carbocycles. The van der Waals surface area contributed by atoms with Gasteiger partial charge in [-0.05, 0) is 12.1 Å². The number of methoxy groups -OCH3 is 1. The maximum Gasteiger partial charge on any atom is 0.314 e. The van der Waals surface area contributed by atoms with Crippen molar-refractivity contribution in [1.82, 2.24) is 0 Å². The molecule has 1 rings (SSSR count). The number of halogens is 2. The Labute approximate surface area is 109 Å². The zero-order valence-corrected chi connectivity index (χ0v) is 10.7. The Balaban J connectivity index is 2.75. The lowest BCUT2D eigenvalue weighted by atomic mass is 10.2. The number of hydrogen-bond donors (Lipinski definition) is 0. The molecule has 0 aromatic heterocycles. The first-order valence-corrected chi connectivity index (χ1v) is 5.72. The molecule has 0 atom stereocenters. The van der Waals surface area contributed by atoms with E-state index in [-0.39, 0.29) is 24.5 Å². The largest absolute Gasteiger partial charge is 0.496 e. The van der Waals surface area contributed by atoms with E-state index in [4.69, 9.17) is 9.47 Å². The molecule has 0 fully saturated rings. The van der Waals surface area contributed by atoms with Gasteiger partial charge < -0.3 is 9.47 Å². The molecule has 0 spiro atoms. The fourth-order valence-electron chi connectivity index (χ4n) is 1.38. The highest BCUT2D eigenvalue weighted by atomic mass is 19.3. The summed E-state index contributed by atoms with van der Waals surface area (Å²) in [5, 5.41) is 10.8. The summed E-state index contributed by atoms with van der Waals surface area (Å²) in [6.45, 7) is 1.09. The number of nitro benzene ring substituents is 1. The van der Waals surface area contributed by atoms with E-state index in [9.17, 15) is 18.9 Å². The molecule has 0 bridgehead atoms. The van der Waals surface area contributed by atoms with Gasteiger partial charge in [-0.25, -0.2) is 8.78 Å². The summed E-state index contributed by atoms with van der Waals surface area (Å²) in [6, 6.07) is 3.99. The van der Waals surface area contributed by atoms with E-state index in [1.807, 2.05) is 0 Å². The van der Waals surface area contributed by atoms with Crippen LogP contribution in [0.25, 0.3) is 0 Å². The van der Waals surface area contributed by atoms with Gasteiger partial charge in [-0.3, -0.25) is 10.1 Å². The Bertz CT molecular complexity index is 451. The number of alkyl halides is 2. The molecule has 19 heavy (non-hydrogen) atoms. The van der Waals surface area contributed by atoms with Gasteiger partial charge in [-0.1, -0.05) is 6.92 Å². The van der Waals surface area contributed by atoms with Gasteiger partial charge in [0.1, 0.15) is 5.75 Å². The average molecular weight is 275 g/mol. The van der Waals surface area contributed by atoms with Crippen LogP contribution in [0, 0.1) is 10.1 Å². The summed E-state index contributed by atoms with van der Waals surface area (Å²) in [4.78, 5) is 10.2. The SMILES string of the molecule is CCC(F)(F)CCOc1ccc(OC)cc1[N+](=O)[O-]. The van der Waals surface area contributed by atoms with Crippen molar-refractivity contribution in [3.05, 3.63) is 28.3 Å². The fourth-order valence-corrected chi connectivity index (χ4v) is 1.38. The van der Waals surface area contributed by atoms with Crippen molar-refractivity contribution in [2.24, 2.45) is 0 Å². The molecule has 0 radical (unpaired) electrons. The molecule has 0 saturated carbocycles. The number of benzene rings is 1. The topological polar surface area (TPSA) is 61.6 Å². The van der Waals surface area contributed by atoms with Crippen LogP contribution in [-0.4, -0.2) is 24.6 Å². The lowest BCUT2D eigenvalue weighted by molar-refractivity contribution is -0.386. The van der Waals surface area contributed by atoms with Crippen molar-refractivity contribution in [3.63, 3.8) is 0 Å². The van der Waals surface area contributed by atoms with E-state index in [2.05, 4.69) is 0 Å². The highest BCUT2D eigenvalue weighted by molar-refractivity contribution is 5.50. The van der Waals surface area contributed by atoms with Crippen LogP contribution in [0.3, 0.4) is 0 Å². The second kappa shape index (κ2) is 6.31. The number of nitro groups is 1. The maximum absolute atomic E-state index is 13.0. The number of rotatable bonds is 7. The summed E-state index contributed by atoms with van der Waals surface area (Å²) in [5.74, 6) is -2.56. The molecule has 0 amide bonds. The summed E-state index contributed by atoms with van der Waals surface area (Å²) < 4.78 is 35.9. The average Bonchev–Trinajstić information content (AvgIpc) is 2.38. The molecule has 0 N–H and O–H groups in total. The van der Waals surface area contributed by atoms with Crippen molar-refractivity contribution < 1.29 is 23.2 Å². The first-order chi connectivity index (χ1) is 8.89. The predicted molar refractivity (Wildman–Crippen MR) is 65.0 cm³/mol. The van der Waals surface area contributed by atoms with Crippen LogP contribution < -0.4 is 9.47 Å². The van der Waals surface area contributed by atoms with Gasteiger partial charge >= 0.3 is 5.69 Å². The first kappa shape index (κ1) is 15.1. The highest BCUT2D eigenvalue weighted by Gasteiger charge is 2.26. The molecule has 0 aliphatic rings. The lowest BCUT2D eigenvalue weighted by Crippen LogP contribution is -2.18. The van der Waals surface area contributed by atoms with Gasteiger partial charge in [0.15, 0.2) is 5.75 Å². The quantitative estimate of drug-likeness (QED) is 0.565. The summed E-state index contributed by atoms with van der Waals surface area (Å²) in [7, 11) is 1.38. The normalized spacial score (nSPS) is 11.2. The third kappa shape index (κ3) is 4.35. The van der Waals surface area contributed by atoms with Crippen LogP contribution in [-0.2, 0) is 0 Å². The van der Waals surface area contributed by atoms with E-state index in [1.165, 1.54) is 32.2 Å². The van der Waals surface area contributed by atoms with Crippen molar-refractivity contribution in [3.8, 4) is 11.5 Å². The molecule has 0 heterocycles. The Morgan fingerprint density at radius 1 is 1.42 bits per heavy atom. The van der Waals surface area contributed by atoms with Gasteiger partial charge in [0.25, 0.3) is 5.92 Å². The summed E-state index contributed by atoms with van der Waals surface area (Å²) in [6.07, 6.45) is -0.770. The van der Waals surface area contributed by atoms with Gasteiger partial charge in [0.05, 0.1) is 24.7 Å². The second-order valence-electron chi connectivity index (χ2n) is 3.90. The molecule has 0 aliphatic heterocycles. The van der Waals surface area contributed by atoms with Crippen molar-refractivity contribution in [1.29, 1.82) is 0 Å². The summed E-state index contributed by atoms with van der Waals surface area (Å²) in [5.41, 5.74) is -0.306. The van der Waals surface area contributed by atoms with Crippen LogP contribution in [0.2, 0.25) is 0 Å². The van der Waals surface area contributed by atoms with E-state index in [1.54, 1.807) is 0 Å². The van der Waals surface area contributed by atoms with Crippen molar-refractivity contribution in [2.75, 3.05) is 13.7 Å². The van der Waals surface area contributed by atoms with Gasteiger partial charge in [-0.15, -0.1) is 0 Å². The molecule has 1 aromatic carbocycles. The molecule has 5 nitrogen and oxygen atoms in total. The Morgan fingerprint density at radius 3 is 2.63 bits per heavy atom. The zero-order chi connectivity index (χ0) is 14.5. The minimum Gasteiger partial charge on any atom is -0.496 e. The Morgan fingerprint density at radius 2 is 2.11 bits per heavy atom. The predicted octanol–water partition coefficient (Wildman–Crippen LogP) is 3.42. The molecule has 1 aromatic rings. The monoisotopic (exact) mass is 275 g/mol. The summed E-state index contributed by atoms with van der Waals surface area (Å²) >= 11 is 0. The smallest absolute Gasteiger partial charge is 0.314 e. The van der Waals surface area contributed by atoms with Gasteiger partial charge in [-0.2, -0.15) is 0 Å². The second-order valence-corrected chi connectivity index (χ2v) is 3.90. The molecular formula is C12H15F2NO4. The molecular weight excluding hydrogens is 260 g/mol. The Hall–Kier alpha value is -1.92. The maximum atomic E-state index is 13.0. The van der Waals surface area contributed by atoms with E-state index < -0.39 is 17.3 Å². The van der Waals surface area contributed by atoms with Gasteiger partial charge in [0.2, 0.25) is 0 Å².